The van der Waals surface area contributed by atoms with Crippen molar-refractivity contribution >= 4 is 21.6 Å². The first-order chi connectivity index (χ1) is 6.01. The molecule has 4 nitrogen and oxygen atoms in total. The van der Waals surface area contributed by atoms with E-state index in [2.05, 4.69) is 4.72 Å². The Morgan fingerprint density at radius 1 is 1.62 bits per heavy atom. The molecule has 0 amide bonds. The normalized spacial score (nSPS) is 11.9. The first-order valence-electron chi connectivity index (χ1n) is 3.60. The minimum Gasteiger partial charge on any atom is -0.464 e. The molecule has 1 aromatic rings. The van der Waals surface area contributed by atoms with Gasteiger partial charge in [0.25, 0.3) is 0 Å². The monoisotopic (exact) mass is 223 g/mol. The molecule has 0 spiro atoms. The summed E-state index contributed by atoms with van der Waals surface area (Å²) in [4.78, 5) is 0.144. The van der Waals surface area contributed by atoms with E-state index in [0.717, 1.165) is 0 Å². The molecule has 1 rings (SSSR count). The average molecular weight is 224 g/mol. The van der Waals surface area contributed by atoms with Gasteiger partial charge in [0, 0.05) is 6.07 Å². The van der Waals surface area contributed by atoms with Crippen LogP contribution < -0.4 is 4.72 Å². The summed E-state index contributed by atoms with van der Waals surface area (Å²) in [5.74, 6) is 0.970. The number of halogens is 1. The molecule has 0 aliphatic heterocycles. The second kappa shape index (κ2) is 3.69. The van der Waals surface area contributed by atoms with E-state index in [1.165, 1.54) is 13.1 Å². The van der Waals surface area contributed by atoms with Gasteiger partial charge in [-0.3, -0.25) is 0 Å². The van der Waals surface area contributed by atoms with Crippen LogP contribution in [0.4, 0.5) is 0 Å². The van der Waals surface area contributed by atoms with Gasteiger partial charge >= 0.3 is 0 Å². The molecule has 0 atom stereocenters. The van der Waals surface area contributed by atoms with Gasteiger partial charge < -0.3 is 4.42 Å². The van der Waals surface area contributed by atoms with Gasteiger partial charge in [0.1, 0.15) is 16.4 Å². The molecule has 0 fully saturated rings. The Morgan fingerprint density at radius 3 is 2.62 bits per heavy atom. The minimum atomic E-state index is -3.42. The summed E-state index contributed by atoms with van der Waals surface area (Å²) in [7, 11) is -2.07. The number of nitrogens with one attached hydrogen (secondary N) is 1. The lowest BCUT2D eigenvalue weighted by atomic mass is 10.4. The highest BCUT2D eigenvalue weighted by Crippen LogP contribution is 2.20. The maximum absolute atomic E-state index is 11.3. The molecule has 1 N–H and O–H groups in total. The van der Waals surface area contributed by atoms with Crippen molar-refractivity contribution in [3.8, 4) is 0 Å². The van der Waals surface area contributed by atoms with Crippen molar-refractivity contribution in [2.45, 2.75) is 17.7 Å². The fourth-order valence-corrected chi connectivity index (χ4v) is 2.03. The van der Waals surface area contributed by atoms with Crippen LogP contribution in [0.25, 0.3) is 0 Å². The van der Waals surface area contributed by atoms with Crippen LogP contribution in [0.5, 0.6) is 0 Å². The summed E-state index contributed by atoms with van der Waals surface area (Å²) in [5, 5.41) is 0. The van der Waals surface area contributed by atoms with Crippen LogP contribution >= 0.6 is 11.6 Å². The summed E-state index contributed by atoms with van der Waals surface area (Å²) in [6, 6.07) is 1.42. The third-order valence-electron chi connectivity index (χ3n) is 1.61. The van der Waals surface area contributed by atoms with Crippen molar-refractivity contribution in [1.82, 2.24) is 4.72 Å². The molecular formula is C7H10ClNO3S. The average Bonchev–Trinajstić information content (AvgIpc) is 2.47. The number of rotatable bonds is 3. The van der Waals surface area contributed by atoms with E-state index >= 15 is 0 Å². The van der Waals surface area contributed by atoms with Crippen molar-refractivity contribution in [1.29, 1.82) is 0 Å². The zero-order valence-corrected chi connectivity index (χ0v) is 8.87. The Labute approximate surface area is 81.9 Å². The molecule has 0 unspecified atom stereocenters. The van der Waals surface area contributed by atoms with E-state index in [-0.39, 0.29) is 10.8 Å². The molecule has 0 saturated heterocycles. The summed E-state index contributed by atoms with van der Waals surface area (Å²) in [6.45, 7) is 1.58. The first kappa shape index (κ1) is 10.6. The fraction of sp³-hybridized carbons (Fsp3) is 0.429. The molecule has 74 valence electrons. The largest absolute Gasteiger partial charge is 0.464 e. The van der Waals surface area contributed by atoms with Crippen molar-refractivity contribution in [2.24, 2.45) is 0 Å². The lowest BCUT2D eigenvalue weighted by Crippen LogP contribution is -2.18. The summed E-state index contributed by atoms with van der Waals surface area (Å²) in [5.41, 5.74) is 0. The predicted molar refractivity (Wildman–Crippen MR) is 49.2 cm³/mol. The van der Waals surface area contributed by atoms with Gasteiger partial charge in [-0.15, -0.1) is 11.6 Å². The molecule has 0 radical (unpaired) electrons. The van der Waals surface area contributed by atoms with Crippen molar-refractivity contribution in [3.63, 3.8) is 0 Å². The van der Waals surface area contributed by atoms with Gasteiger partial charge in [-0.2, -0.15) is 0 Å². The van der Waals surface area contributed by atoms with Crippen LogP contribution in [0, 0.1) is 6.92 Å². The fourth-order valence-electron chi connectivity index (χ4n) is 0.967. The Balaban J connectivity index is 3.23. The third-order valence-corrected chi connectivity index (χ3v) is 3.40. The van der Waals surface area contributed by atoms with Crippen LogP contribution in [-0.4, -0.2) is 15.5 Å². The zero-order valence-electron chi connectivity index (χ0n) is 7.30. The van der Waals surface area contributed by atoms with Gasteiger partial charge in [0.2, 0.25) is 10.0 Å². The van der Waals surface area contributed by atoms with Gasteiger partial charge in [-0.1, -0.05) is 0 Å². The number of alkyl halides is 1. The molecule has 0 aliphatic carbocycles. The smallest absolute Gasteiger partial charge is 0.243 e. The number of furan rings is 1. The van der Waals surface area contributed by atoms with E-state index < -0.39 is 10.0 Å². The molecule has 0 aliphatic rings. The highest BCUT2D eigenvalue weighted by Gasteiger charge is 2.18. The number of sulfonamides is 1. The molecule has 6 heteroatoms. The highest BCUT2D eigenvalue weighted by molar-refractivity contribution is 7.89. The maximum atomic E-state index is 11.3. The van der Waals surface area contributed by atoms with Crippen molar-refractivity contribution in [3.05, 3.63) is 17.6 Å². The molecule has 1 aromatic heterocycles. The predicted octanol–water partition coefficient (Wildman–Crippen LogP) is 1.23. The third kappa shape index (κ3) is 2.04. The lowest BCUT2D eigenvalue weighted by molar-refractivity contribution is 0.492. The van der Waals surface area contributed by atoms with Crippen molar-refractivity contribution in [2.75, 3.05) is 7.05 Å². The second-order valence-electron chi connectivity index (χ2n) is 2.47. The standard InChI is InChI=1S/C7H10ClNO3S/c1-5-7(13(10,11)9-2)3-6(4-8)12-5/h3,9H,4H2,1-2H3. The Bertz CT molecular complexity index is 396. The van der Waals surface area contributed by atoms with Crippen molar-refractivity contribution < 1.29 is 12.8 Å². The van der Waals surface area contributed by atoms with Gasteiger partial charge in [-0.05, 0) is 14.0 Å². The topological polar surface area (TPSA) is 59.3 Å². The zero-order chi connectivity index (χ0) is 10.1. The number of aryl methyl sites for hydroxylation is 1. The van der Waals surface area contributed by atoms with Crippen LogP contribution in [-0.2, 0) is 15.9 Å². The first-order valence-corrected chi connectivity index (χ1v) is 5.62. The minimum absolute atomic E-state index is 0.144. The van der Waals surface area contributed by atoms with Crippen LogP contribution in [0.1, 0.15) is 11.5 Å². The highest BCUT2D eigenvalue weighted by atomic mass is 35.5. The van der Waals surface area contributed by atoms with Gasteiger partial charge in [0.15, 0.2) is 0 Å². The van der Waals surface area contributed by atoms with E-state index in [1.807, 2.05) is 0 Å². The summed E-state index contributed by atoms with van der Waals surface area (Å²) >= 11 is 5.50. The van der Waals surface area contributed by atoms with Crippen LogP contribution in [0.2, 0.25) is 0 Å². The van der Waals surface area contributed by atoms with Crippen LogP contribution in [0.3, 0.4) is 0 Å². The van der Waals surface area contributed by atoms with E-state index in [0.29, 0.717) is 11.5 Å². The molecule has 0 aromatic carbocycles. The lowest BCUT2D eigenvalue weighted by Gasteiger charge is -1.97. The Kier molecular flexibility index (Phi) is 3.00. The molecule has 0 bridgehead atoms. The van der Waals surface area contributed by atoms with E-state index in [1.54, 1.807) is 6.92 Å². The SMILES string of the molecule is CNS(=O)(=O)c1cc(CCl)oc1C. The quantitative estimate of drug-likeness (QED) is 0.785. The second-order valence-corrected chi connectivity index (χ2v) is 4.60. The van der Waals surface area contributed by atoms with E-state index in [4.69, 9.17) is 16.0 Å². The molecule has 1 heterocycles. The summed E-state index contributed by atoms with van der Waals surface area (Å²) < 4.78 is 30.0. The maximum Gasteiger partial charge on any atom is 0.243 e. The Hall–Kier alpha value is -0.520. The van der Waals surface area contributed by atoms with E-state index in [9.17, 15) is 8.42 Å². The van der Waals surface area contributed by atoms with Crippen LogP contribution in [0.15, 0.2) is 15.4 Å². The number of hydrogen-bond donors (Lipinski definition) is 1. The molecule has 0 saturated carbocycles. The molecular weight excluding hydrogens is 214 g/mol. The summed E-state index contributed by atoms with van der Waals surface area (Å²) in [6.07, 6.45) is 0. The van der Waals surface area contributed by atoms with Gasteiger partial charge in [-0.25, -0.2) is 13.1 Å². The Morgan fingerprint density at radius 2 is 2.23 bits per heavy atom. The van der Waals surface area contributed by atoms with Gasteiger partial charge in [0.05, 0.1) is 5.88 Å². The number of hydrogen-bond acceptors (Lipinski definition) is 3. The molecule has 13 heavy (non-hydrogen) atoms.